The van der Waals surface area contributed by atoms with Gasteiger partial charge < -0.3 is 10.6 Å². The van der Waals surface area contributed by atoms with Crippen molar-refractivity contribution in [3.63, 3.8) is 0 Å². The summed E-state index contributed by atoms with van der Waals surface area (Å²) in [5, 5.41) is 0. The number of benzene rings is 1. The molecule has 0 aromatic heterocycles. The number of sulfonamides is 1. The highest BCUT2D eigenvalue weighted by Crippen LogP contribution is 2.24. The Balaban J connectivity index is 2.17. The highest BCUT2D eigenvalue weighted by molar-refractivity contribution is 7.89. The van der Waals surface area contributed by atoms with Gasteiger partial charge in [0.05, 0.1) is 10.6 Å². The summed E-state index contributed by atoms with van der Waals surface area (Å²) in [6.07, 6.45) is 1.59. The molecule has 7 heteroatoms. The van der Waals surface area contributed by atoms with Crippen molar-refractivity contribution in [2.45, 2.75) is 30.7 Å². The summed E-state index contributed by atoms with van der Waals surface area (Å²) in [6.45, 7) is 4.85. The van der Waals surface area contributed by atoms with Crippen LogP contribution in [0.2, 0.25) is 0 Å². The van der Waals surface area contributed by atoms with Gasteiger partial charge in [0.15, 0.2) is 0 Å². The van der Waals surface area contributed by atoms with Crippen LogP contribution < -0.4 is 5.73 Å². The Morgan fingerprint density at radius 2 is 2.00 bits per heavy atom. The van der Waals surface area contributed by atoms with Gasteiger partial charge in [-0.15, -0.1) is 0 Å². The molecular weight excluding hydrogens is 293 g/mol. The molecule has 21 heavy (non-hydrogen) atoms. The monoisotopic (exact) mass is 315 g/mol. The minimum Gasteiger partial charge on any atom is -0.396 e. The molecule has 1 saturated heterocycles. The molecular formula is C14H22FN3O2S. The van der Waals surface area contributed by atoms with Gasteiger partial charge in [-0.25, -0.2) is 12.8 Å². The van der Waals surface area contributed by atoms with Crippen LogP contribution in [0.3, 0.4) is 0 Å². The second-order valence-electron chi connectivity index (χ2n) is 5.37. The summed E-state index contributed by atoms with van der Waals surface area (Å²) in [6, 6.07) is 3.59. The van der Waals surface area contributed by atoms with Crippen molar-refractivity contribution < 1.29 is 12.8 Å². The zero-order valence-corrected chi connectivity index (χ0v) is 13.2. The maximum Gasteiger partial charge on any atom is 0.243 e. The maximum absolute atomic E-state index is 13.5. The first-order valence-electron chi connectivity index (χ1n) is 7.11. The molecule has 0 aliphatic carbocycles. The molecule has 2 N–H and O–H groups in total. The van der Waals surface area contributed by atoms with E-state index in [0.717, 1.165) is 38.5 Å². The van der Waals surface area contributed by atoms with E-state index in [2.05, 4.69) is 11.8 Å². The van der Waals surface area contributed by atoms with Crippen molar-refractivity contribution in [3.05, 3.63) is 24.0 Å². The Labute approximate surface area is 125 Å². The zero-order valence-electron chi connectivity index (χ0n) is 12.4. The van der Waals surface area contributed by atoms with Crippen molar-refractivity contribution >= 4 is 15.7 Å². The zero-order chi connectivity index (χ0) is 15.6. The fourth-order valence-corrected chi connectivity index (χ4v) is 4.06. The molecule has 1 aromatic rings. The van der Waals surface area contributed by atoms with E-state index < -0.39 is 15.8 Å². The predicted molar refractivity (Wildman–Crippen MR) is 80.9 cm³/mol. The molecule has 1 heterocycles. The van der Waals surface area contributed by atoms with E-state index in [9.17, 15) is 12.8 Å². The first-order valence-corrected chi connectivity index (χ1v) is 8.55. The van der Waals surface area contributed by atoms with Gasteiger partial charge in [-0.05, 0) is 50.7 Å². The van der Waals surface area contributed by atoms with Crippen LogP contribution in [-0.4, -0.2) is 50.3 Å². The second kappa shape index (κ2) is 6.29. The molecule has 5 nitrogen and oxygen atoms in total. The Morgan fingerprint density at radius 1 is 1.38 bits per heavy atom. The van der Waals surface area contributed by atoms with Crippen LogP contribution in [0, 0.1) is 5.82 Å². The topological polar surface area (TPSA) is 66.6 Å². The van der Waals surface area contributed by atoms with Crippen LogP contribution >= 0.6 is 0 Å². The molecule has 1 aliphatic rings. The minimum absolute atomic E-state index is 0.0431. The van der Waals surface area contributed by atoms with E-state index >= 15 is 0 Å². The highest BCUT2D eigenvalue weighted by atomic mass is 32.2. The lowest BCUT2D eigenvalue weighted by molar-refractivity contribution is 0.176. The summed E-state index contributed by atoms with van der Waals surface area (Å²) >= 11 is 0. The molecule has 118 valence electrons. The van der Waals surface area contributed by atoms with Crippen LogP contribution in [0.5, 0.6) is 0 Å². The standard InChI is InChI=1S/C14H22FN3O2S/c1-3-18-8-6-11(7-9-18)17(2)21(19,20)12-4-5-14(16)13(15)10-12/h4-5,10-11H,3,6-9,16H2,1-2H3. The third kappa shape index (κ3) is 3.36. The average molecular weight is 315 g/mol. The van der Waals surface area contributed by atoms with Gasteiger partial charge in [0.1, 0.15) is 5.82 Å². The van der Waals surface area contributed by atoms with Crippen LogP contribution in [0.15, 0.2) is 23.1 Å². The number of nitrogens with zero attached hydrogens (tertiary/aromatic N) is 2. The first kappa shape index (κ1) is 16.2. The van der Waals surface area contributed by atoms with Gasteiger partial charge in [0.25, 0.3) is 0 Å². The Kier molecular flexibility index (Phi) is 4.85. The quantitative estimate of drug-likeness (QED) is 0.855. The molecule has 1 aromatic carbocycles. The van der Waals surface area contributed by atoms with Gasteiger partial charge in [-0.3, -0.25) is 0 Å². The summed E-state index contributed by atoms with van der Waals surface area (Å²) in [4.78, 5) is 2.24. The summed E-state index contributed by atoms with van der Waals surface area (Å²) in [7, 11) is -2.12. The van der Waals surface area contributed by atoms with Crippen LogP contribution in [0.4, 0.5) is 10.1 Å². The molecule has 1 fully saturated rings. The predicted octanol–water partition coefficient (Wildman–Crippen LogP) is 1.51. The lowest BCUT2D eigenvalue weighted by atomic mass is 10.1. The Morgan fingerprint density at radius 3 is 2.52 bits per heavy atom. The fourth-order valence-electron chi connectivity index (χ4n) is 2.63. The molecule has 0 radical (unpaired) electrons. The lowest BCUT2D eigenvalue weighted by Gasteiger charge is -2.35. The fraction of sp³-hybridized carbons (Fsp3) is 0.571. The van der Waals surface area contributed by atoms with E-state index in [1.165, 1.54) is 16.4 Å². The number of rotatable bonds is 4. The average Bonchev–Trinajstić information content (AvgIpc) is 2.49. The number of piperidine rings is 1. The van der Waals surface area contributed by atoms with Crippen molar-refractivity contribution in [1.82, 2.24) is 9.21 Å². The summed E-state index contributed by atoms with van der Waals surface area (Å²) in [5.74, 6) is -0.703. The van der Waals surface area contributed by atoms with Crippen LogP contribution in [-0.2, 0) is 10.0 Å². The van der Waals surface area contributed by atoms with Gasteiger partial charge in [0.2, 0.25) is 10.0 Å². The first-order chi connectivity index (χ1) is 9.86. The second-order valence-corrected chi connectivity index (χ2v) is 7.37. The molecule has 0 amide bonds. The number of hydrogen-bond donors (Lipinski definition) is 1. The number of hydrogen-bond acceptors (Lipinski definition) is 4. The number of nitrogens with two attached hydrogens (primary N) is 1. The van der Waals surface area contributed by atoms with Crippen LogP contribution in [0.25, 0.3) is 0 Å². The Hall–Kier alpha value is -1.18. The SMILES string of the molecule is CCN1CCC(N(C)S(=O)(=O)c2ccc(N)c(F)c2)CC1. The molecule has 2 rings (SSSR count). The molecule has 0 unspecified atom stereocenters. The Bertz CT molecular complexity index is 598. The minimum atomic E-state index is -3.68. The van der Waals surface area contributed by atoms with E-state index in [1.807, 2.05) is 0 Å². The third-order valence-electron chi connectivity index (χ3n) is 4.17. The van der Waals surface area contributed by atoms with E-state index in [4.69, 9.17) is 5.73 Å². The van der Waals surface area contributed by atoms with Gasteiger partial charge in [-0.2, -0.15) is 4.31 Å². The van der Waals surface area contributed by atoms with Crippen molar-refractivity contribution in [2.24, 2.45) is 0 Å². The maximum atomic E-state index is 13.5. The molecule has 0 saturated carbocycles. The number of anilines is 1. The number of likely N-dealkylation sites (tertiary alicyclic amines) is 1. The smallest absolute Gasteiger partial charge is 0.243 e. The molecule has 0 spiro atoms. The van der Waals surface area contributed by atoms with Crippen molar-refractivity contribution in [1.29, 1.82) is 0 Å². The van der Waals surface area contributed by atoms with Crippen molar-refractivity contribution in [3.8, 4) is 0 Å². The molecule has 0 atom stereocenters. The van der Waals surface area contributed by atoms with Gasteiger partial charge >= 0.3 is 0 Å². The number of halogens is 1. The van der Waals surface area contributed by atoms with Crippen LogP contribution in [0.1, 0.15) is 19.8 Å². The van der Waals surface area contributed by atoms with Crippen molar-refractivity contribution in [2.75, 3.05) is 32.4 Å². The lowest BCUT2D eigenvalue weighted by Crippen LogP contribution is -2.45. The molecule has 0 bridgehead atoms. The van der Waals surface area contributed by atoms with Gasteiger partial charge in [-0.1, -0.05) is 6.92 Å². The third-order valence-corrected chi connectivity index (χ3v) is 6.07. The molecule has 1 aliphatic heterocycles. The summed E-state index contributed by atoms with van der Waals surface area (Å²) in [5.41, 5.74) is 5.34. The van der Waals surface area contributed by atoms with Gasteiger partial charge in [0, 0.05) is 13.1 Å². The normalized spacial score (nSPS) is 18.3. The summed E-state index contributed by atoms with van der Waals surface area (Å²) < 4.78 is 40.0. The number of nitrogen functional groups attached to an aromatic ring is 1. The largest absolute Gasteiger partial charge is 0.396 e. The van der Waals surface area contributed by atoms with E-state index in [1.54, 1.807) is 7.05 Å². The van der Waals surface area contributed by atoms with E-state index in [0.29, 0.717) is 0 Å². The van der Waals surface area contributed by atoms with E-state index in [-0.39, 0.29) is 16.6 Å². The highest BCUT2D eigenvalue weighted by Gasteiger charge is 2.30.